The number of morpholine rings is 1. The van der Waals surface area contributed by atoms with Crippen LogP contribution in [0.25, 0.3) is 0 Å². The van der Waals surface area contributed by atoms with Crippen LogP contribution in [0.15, 0.2) is 11.1 Å². The van der Waals surface area contributed by atoms with Crippen LogP contribution in [0.5, 0.6) is 0 Å². The van der Waals surface area contributed by atoms with Crippen LogP contribution < -0.4 is 10.6 Å². The number of nitrogens with zero attached hydrogens (tertiary/aromatic N) is 2. The molecule has 21 heavy (non-hydrogen) atoms. The van der Waals surface area contributed by atoms with E-state index < -0.39 is 0 Å². The van der Waals surface area contributed by atoms with Crippen LogP contribution in [0.1, 0.15) is 5.56 Å². The number of hydrogen-bond acceptors (Lipinski definition) is 4. The highest BCUT2D eigenvalue weighted by molar-refractivity contribution is 7.20. The first-order chi connectivity index (χ1) is 10.2. The first-order valence-electron chi connectivity index (χ1n) is 6.87. The largest absolute Gasteiger partial charge is 0.379 e. The number of halogens is 2. The fraction of sp³-hybridized carbons (Fsp3) is 0.615. The Bertz CT molecular complexity index is 475. The van der Waals surface area contributed by atoms with Gasteiger partial charge in [-0.05, 0) is 6.07 Å². The highest BCUT2D eigenvalue weighted by atomic mass is 35.5. The van der Waals surface area contributed by atoms with Gasteiger partial charge in [-0.3, -0.25) is 9.89 Å². The first kappa shape index (κ1) is 16.8. The summed E-state index contributed by atoms with van der Waals surface area (Å²) >= 11 is 13.4. The SMILES string of the molecule is CN=C(NCCN1CCOCC1)NCc1cc(Cl)sc1Cl. The van der Waals surface area contributed by atoms with E-state index in [1.807, 2.05) is 6.07 Å². The second kappa shape index (κ2) is 8.80. The molecule has 2 rings (SSSR count). The van der Waals surface area contributed by atoms with Gasteiger partial charge in [0.05, 0.1) is 21.9 Å². The summed E-state index contributed by atoms with van der Waals surface area (Å²) in [5.74, 6) is 0.765. The second-order valence-corrected chi connectivity index (χ2v) is 6.94. The van der Waals surface area contributed by atoms with Crippen molar-refractivity contribution in [2.45, 2.75) is 6.54 Å². The summed E-state index contributed by atoms with van der Waals surface area (Å²) in [5, 5.41) is 6.53. The van der Waals surface area contributed by atoms with Gasteiger partial charge >= 0.3 is 0 Å². The fourth-order valence-electron chi connectivity index (χ4n) is 2.05. The van der Waals surface area contributed by atoms with Gasteiger partial charge in [-0.25, -0.2) is 0 Å². The van der Waals surface area contributed by atoms with Gasteiger partial charge < -0.3 is 15.4 Å². The van der Waals surface area contributed by atoms with Crippen molar-refractivity contribution < 1.29 is 4.74 Å². The predicted molar refractivity (Wildman–Crippen MR) is 89.8 cm³/mol. The molecule has 0 unspecified atom stereocenters. The van der Waals surface area contributed by atoms with Crippen molar-refractivity contribution in [2.24, 2.45) is 4.99 Å². The van der Waals surface area contributed by atoms with E-state index in [1.165, 1.54) is 11.3 Å². The van der Waals surface area contributed by atoms with Gasteiger partial charge in [0.2, 0.25) is 0 Å². The van der Waals surface area contributed by atoms with Crippen LogP contribution in [-0.4, -0.2) is 57.3 Å². The Balaban J connectivity index is 1.69. The molecule has 2 N–H and O–H groups in total. The Kier molecular flexibility index (Phi) is 7.06. The predicted octanol–water partition coefficient (Wildman–Crippen LogP) is 2.05. The quantitative estimate of drug-likeness (QED) is 0.630. The van der Waals surface area contributed by atoms with E-state index in [4.69, 9.17) is 27.9 Å². The molecule has 1 fully saturated rings. The topological polar surface area (TPSA) is 48.9 Å². The van der Waals surface area contributed by atoms with Crippen LogP contribution in [0.3, 0.4) is 0 Å². The van der Waals surface area contributed by atoms with Crippen molar-refractivity contribution >= 4 is 40.5 Å². The monoisotopic (exact) mass is 350 g/mol. The van der Waals surface area contributed by atoms with E-state index >= 15 is 0 Å². The molecule has 2 heterocycles. The zero-order chi connectivity index (χ0) is 15.1. The maximum atomic E-state index is 6.09. The molecule has 118 valence electrons. The molecule has 0 amide bonds. The summed E-state index contributed by atoms with van der Waals surface area (Å²) in [5.41, 5.74) is 0.989. The molecule has 0 radical (unpaired) electrons. The molecule has 0 atom stereocenters. The number of aliphatic imine (C=N–C) groups is 1. The van der Waals surface area contributed by atoms with Crippen LogP contribution in [-0.2, 0) is 11.3 Å². The molecule has 1 aliphatic rings. The molecule has 5 nitrogen and oxygen atoms in total. The molecule has 0 bridgehead atoms. The average Bonchev–Trinajstić information content (AvgIpc) is 2.81. The molecule has 0 spiro atoms. The van der Waals surface area contributed by atoms with Crippen molar-refractivity contribution in [2.75, 3.05) is 46.4 Å². The summed E-state index contributed by atoms with van der Waals surface area (Å²) < 4.78 is 6.75. The van der Waals surface area contributed by atoms with Crippen molar-refractivity contribution in [3.05, 3.63) is 20.3 Å². The molecule has 1 saturated heterocycles. The molecule has 0 aromatic carbocycles. The van der Waals surface area contributed by atoms with E-state index in [-0.39, 0.29) is 0 Å². The van der Waals surface area contributed by atoms with E-state index in [0.29, 0.717) is 10.9 Å². The minimum absolute atomic E-state index is 0.610. The minimum Gasteiger partial charge on any atom is -0.379 e. The Morgan fingerprint density at radius 2 is 2.14 bits per heavy atom. The number of nitrogens with one attached hydrogen (secondary N) is 2. The van der Waals surface area contributed by atoms with Crippen molar-refractivity contribution in [1.82, 2.24) is 15.5 Å². The molecule has 0 saturated carbocycles. The van der Waals surface area contributed by atoms with Gasteiger partial charge in [0, 0.05) is 45.3 Å². The van der Waals surface area contributed by atoms with Crippen LogP contribution in [0.4, 0.5) is 0 Å². The lowest BCUT2D eigenvalue weighted by Gasteiger charge is -2.26. The summed E-state index contributed by atoms with van der Waals surface area (Å²) in [6.07, 6.45) is 0. The third kappa shape index (κ3) is 5.64. The van der Waals surface area contributed by atoms with E-state index in [0.717, 1.165) is 55.3 Å². The van der Waals surface area contributed by atoms with Crippen molar-refractivity contribution in [1.29, 1.82) is 0 Å². The second-order valence-electron chi connectivity index (χ2n) is 4.66. The highest BCUT2D eigenvalue weighted by Crippen LogP contribution is 2.30. The average molecular weight is 351 g/mol. The van der Waals surface area contributed by atoms with Gasteiger partial charge in [0.15, 0.2) is 5.96 Å². The third-order valence-electron chi connectivity index (χ3n) is 3.22. The lowest BCUT2D eigenvalue weighted by atomic mass is 10.3. The van der Waals surface area contributed by atoms with Gasteiger partial charge in [0.1, 0.15) is 0 Å². The van der Waals surface area contributed by atoms with Crippen molar-refractivity contribution in [3.8, 4) is 0 Å². The van der Waals surface area contributed by atoms with Crippen LogP contribution in [0.2, 0.25) is 8.67 Å². The standard InChI is InChI=1S/C13H20Cl2N4OS/c1-16-13(17-2-3-19-4-6-20-7-5-19)18-9-10-8-11(14)21-12(10)15/h8H,2-7,9H2,1H3,(H2,16,17,18). The molecule has 1 aromatic heterocycles. The van der Waals surface area contributed by atoms with Crippen LogP contribution in [0, 0.1) is 0 Å². The van der Waals surface area contributed by atoms with Crippen molar-refractivity contribution in [3.63, 3.8) is 0 Å². The van der Waals surface area contributed by atoms with Gasteiger partial charge in [-0.15, -0.1) is 11.3 Å². The summed E-state index contributed by atoms with van der Waals surface area (Å²) in [4.78, 5) is 6.58. The smallest absolute Gasteiger partial charge is 0.191 e. The number of thiophene rings is 1. The lowest BCUT2D eigenvalue weighted by molar-refractivity contribution is 0.0389. The Hall–Kier alpha value is -0.530. The molecule has 0 aliphatic carbocycles. The molecule has 1 aromatic rings. The number of rotatable bonds is 5. The Morgan fingerprint density at radius 1 is 1.38 bits per heavy atom. The summed E-state index contributed by atoms with van der Waals surface area (Å²) in [6, 6.07) is 1.88. The molecule has 8 heteroatoms. The van der Waals surface area contributed by atoms with E-state index in [9.17, 15) is 0 Å². The van der Waals surface area contributed by atoms with E-state index in [1.54, 1.807) is 7.05 Å². The van der Waals surface area contributed by atoms with Gasteiger partial charge in [-0.1, -0.05) is 23.2 Å². The van der Waals surface area contributed by atoms with Crippen LogP contribution >= 0.6 is 34.5 Å². The first-order valence-corrected chi connectivity index (χ1v) is 8.44. The number of guanidine groups is 1. The molecular formula is C13H20Cl2N4OS. The third-order valence-corrected chi connectivity index (χ3v) is 4.79. The fourth-order valence-corrected chi connectivity index (χ4v) is 3.54. The maximum absolute atomic E-state index is 6.09. The normalized spacial score (nSPS) is 17.0. The molecule has 1 aliphatic heterocycles. The van der Waals surface area contributed by atoms with Gasteiger partial charge in [0.25, 0.3) is 0 Å². The Labute approximate surface area is 139 Å². The van der Waals surface area contributed by atoms with Gasteiger partial charge in [-0.2, -0.15) is 0 Å². The Morgan fingerprint density at radius 3 is 2.76 bits per heavy atom. The lowest BCUT2D eigenvalue weighted by Crippen LogP contribution is -2.44. The number of hydrogen-bond donors (Lipinski definition) is 2. The highest BCUT2D eigenvalue weighted by Gasteiger charge is 2.10. The zero-order valence-corrected chi connectivity index (χ0v) is 14.3. The summed E-state index contributed by atoms with van der Waals surface area (Å²) in [7, 11) is 1.76. The van der Waals surface area contributed by atoms with E-state index in [2.05, 4.69) is 20.5 Å². The zero-order valence-electron chi connectivity index (χ0n) is 12.0. The molecular weight excluding hydrogens is 331 g/mol. The number of ether oxygens (including phenoxy) is 1. The summed E-state index contributed by atoms with van der Waals surface area (Å²) in [6.45, 7) is 6.08. The maximum Gasteiger partial charge on any atom is 0.191 e. The minimum atomic E-state index is 0.610.